The summed E-state index contributed by atoms with van der Waals surface area (Å²) in [4.78, 5) is 0. The number of unbranched alkanes of at least 4 members (excludes halogenated alkanes) is 1. The maximum Gasteiger partial charge on any atom is -0.0383 e. The fraction of sp³-hybridized carbons (Fsp3) is 1.00. The molecule has 1 rings (SSSR count). The highest BCUT2D eigenvalue weighted by Crippen LogP contribution is 2.39. The fourth-order valence-corrected chi connectivity index (χ4v) is 2.99. The molecule has 0 spiro atoms. The first-order valence-electron chi connectivity index (χ1n) is 6.15. The van der Waals surface area contributed by atoms with Gasteiger partial charge in [-0.1, -0.05) is 47.0 Å². The Morgan fingerprint density at radius 1 is 1.08 bits per heavy atom. The highest BCUT2D eigenvalue weighted by molar-refractivity contribution is 4.80. The summed E-state index contributed by atoms with van der Waals surface area (Å²) < 4.78 is 0. The van der Waals surface area contributed by atoms with Gasteiger partial charge in [0.2, 0.25) is 0 Å². The average molecular weight is 182 g/mol. The van der Waals surface area contributed by atoms with Gasteiger partial charge < -0.3 is 0 Å². The van der Waals surface area contributed by atoms with E-state index in [1.54, 1.807) is 0 Å². The first-order chi connectivity index (χ1) is 6.15. The predicted molar refractivity (Wildman–Crippen MR) is 59.7 cm³/mol. The summed E-state index contributed by atoms with van der Waals surface area (Å²) in [6.07, 6.45) is 7.24. The van der Waals surface area contributed by atoms with Gasteiger partial charge in [0.15, 0.2) is 0 Å². The van der Waals surface area contributed by atoms with Gasteiger partial charge >= 0.3 is 0 Å². The van der Waals surface area contributed by atoms with Gasteiger partial charge in [0.25, 0.3) is 0 Å². The second kappa shape index (κ2) is 5.02. The maximum atomic E-state index is 2.47. The van der Waals surface area contributed by atoms with Gasteiger partial charge in [-0.3, -0.25) is 0 Å². The fourth-order valence-electron chi connectivity index (χ4n) is 2.99. The summed E-state index contributed by atoms with van der Waals surface area (Å²) >= 11 is 0. The van der Waals surface area contributed by atoms with E-state index >= 15 is 0 Å². The Morgan fingerprint density at radius 3 is 2.38 bits per heavy atom. The first kappa shape index (κ1) is 11.1. The van der Waals surface area contributed by atoms with Gasteiger partial charge in [0.1, 0.15) is 0 Å². The van der Waals surface area contributed by atoms with Crippen LogP contribution in [0.2, 0.25) is 0 Å². The Balaban J connectivity index is 2.41. The van der Waals surface area contributed by atoms with Crippen molar-refractivity contribution in [3.8, 4) is 0 Å². The Morgan fingerprint density at radius 2 is 1.77 bits per heavy atom. The van der Waals surface area contributed by atoms with E-state index in [-0.39, 0.29) is 0 Å². The smallest absolute Gasteiger partial charge is 0.0383 e. The molecule has 1 aliphatic carbocycles. The van der Waals surface area contributed by atoms with Crippen molar-refractivity contribution in [1.82, 2.24) is 0 Å². The second-order valence-corrected chi connectivity index (χ2v) is 5.32. The Hall–Kier alpha value is 0. The minimum absolute atomic E-state index is 0.964. The SMILES string of the molecule is CCCCC1CC(C)CC(C)C1C. The number of hydrogen-bond donors (Lipinski definition) is 0. The molecular weight excluding hydrogens is 156 g/mol. The molecule has 0 aliphatic heterocycles. The lowest BCUT2D eigenvalue weighted by atomic mass is 9.68. The molecule has 4 unspecified atom stereocenters. The topological polar surface area (TPSA) is 0 Å². The highest BCUT2D eigenvalue weighted by Gasteiger charge is 2.29. The van der Waals surface area contributed by atoms with E-state index in [1.807, 2.05) is 0 Å². The quantitative estimate of drug-likeness (QED) is 0.603. The third-order valence-corrected chi connectivity index (χ3v) is 4.05. The summed E-state index contributed by atoms with van der Waals surface area (Å²) in [5.74, 6) is 3.94. The predicted octanol–water partition coefficient (Wildman–Crippen LogP) is 4.49. The molecule has 0 heterocycles. The van der Waals surface area contributed by atoms with Crippen LogP contribution in [0.3, 0.4) is 0 Å². The van der Waals surface area contributed by atoms with Crippen LogP contribution in [-0.4, -0.2) is 0 Å². The number of rotatable bonds is 3. The molecule has 0 saturated heterocycles. The lowest BCUT2D eigenvalue weighted by Crippen LogP contribution is -2.28. The van der Waals surface area contributed by atoms with Crippen LogP contribution in [0, 0.1) is 23.7 Å². The largest absolute Gasteiger partial charge is 0.0654 e. The molecular formula is C13H26. The molecule has 13 heavy (non-hydrogen) atoms. The third kappa shape index (κ3) is 3.00. The molecule has 0 aromatic heterocycles. The normalized spacial score (nSPS) is 40.6. The van der Waals surface area contributed by atoms with Gasteiger partial charge in [0, 0.05) is 0 Å². The van der Waals surface area contributed by atoms with Gasteiger partial charge in [-0.15, -0.1) is 0 Å². The van der Waals surface area contributed by atoms with E-state index < -0.39 is 0 Å². The zero-order chi connectivity index (χ0) is 9.84. The van der Waals surface area contributed by atoms with Crippen molar-refractivity contribution in [2.45, 2.75) is 59.8 Å². The first-order valence-corrected chi connectivity index (χ1v) is 6.15. The van der Waals surface area contributed by atoms with E-state index in [4.69, 9.17) is 0 Å². The molecule has 1 aliphatic rings. The molecule has 1 saturated carbocycles. The van der Waals surface area contributed by atoms with Crippen LogP contribution in [0.25, 0.3) is 0 Å². The van der Waals surface area contributed by atoms with Gasteiger partial charge in [-0.25, -0.2) is 0 Å². The molecule has 0 heteroatoms. The molecule has 0 radical (unpaired) electrons. The molecule has 0 aromatic carbocycles. The lowest BCUT2D eigenvalue weighted by molar-refractivity contribution is 0.128. The van der Waals surface area contributed by atoms with Crippen molar-refractivity contribution in [3.05, 3.63) is 0 Å². The monoisotopic (exact) mass is 182 g/mol. The van der Waals surface area contributed by atoms with Crippen LogP contribution in [0.4, 0.5) is 0 Å². The summed E-state index contributed by atoms with van der Waals surface area (Å²) in [7, 11) is 0. The average Bonchev–Trinajstić information content (AvgIpc) is 2.09. The summed E-state index contributed by atoms with van der Waals surface area (Å²) in [5.41, 5.74) is 0. The Kier molecular flexibility index (Phi) is 4.28. The molecule has 0 aromatic rings. The van der Waals surface area contributed by atoms with Gasteiger partial charge in [-0.2, -0.15) is 0 Å². The molecule has 1 fully saturated rings. The third-order valence-electron chi connectivity index (χ3n) is 4.05. The lowest BCUT2D eigenvalue weighted by Gasteiger charge is -2.37. The van der Waals surface area contributed by atoms with Gasteiger partial charge in [-0.05, 0) is 36.5 Å². The molecule has 4 atom stereocenters. The van der Waals surface area contributed by atoms with Crippen molar-refractivity contribution < 1.29 is 0 Å². The molecule has 0 amide bonds. The van der Waals surface area contributed by atoms with Crippen molar-refractivity contribution in [1.29, 1.82) is 0 Å². The molecule has 78 valence electrons. The van der Waals surface area contributed by atoms with E-state index in [9.17, 15) is 0 Å². The molecule has 0 N–H and O–H groups in total. The minimum Gasteiger partial charge on any atom is -0.0654 e. The van der Waals surface area contributed by atoms with E-state index in [2.05, 4.69) is 27.7 Å². The van der Waals surface area contributed by atoms with Gasteiger partial charge in [0.05, 0.1) is 0 Å². The van der Waals surface area contributed by atoms with Crippen LogP contribution >= 0.6 is 0 Å². The van der Waals surface area contributed by atoms with Crippen molar-refractivity contribution in [3.63, 3.8) is 0 Å². The molecule has 0 bridgehead atoms. The van der Waals surface area contributed by atoms with Crippen LogP contribution in [0.1, 0.15) is 59.8 Å². The summed E-state index contributed by atoms with van der Waals surface area (Å²) in [6.45, 7) is 9.65. The van der Waals surface area contributed by atoms with Crippen LogP contribution < -0.4 is 0 Å². The number of hydrogen-bond acceptors (Lipinski definition) is 0. The second-order valence-electron chi connectivity index (χ2n) is 5.32. The van der Waals surface area contributed by atoms with Crippen molar-refractivity contribution >= 4 is 0 Å². The Labute approximate surface area is 84.1 Å². The van der Waals surface area contributed by atoms with E-state index in [1.165, 1.54) is 32.1 Å². The minimum atomic E-state index is 0.964. The highest BCUT2D eigenvalue weighted by atomic mass is 14.3. The van der Waals surface area contributed by atoms with E-state index in [0.717, 1.165) is 23.7 Å². The summed E-state index contributed by atoms with van der Waals surface area (Å²) in [5, 5.41) is 0. The zero-order valence-electron chi connectivity index (χ0n) is 9.84. The zero-order valence-corrected chi connectivity index (χ0v) is 9.84. The summed E-state index contributed by atoms with van der Waals surface area (Å²) in [6, 6.07) is 0. The van der Waals surface area contributed by atoms with Crippen LogP contribution in [0.15, 0.2) is 0 Å². The van der Waals surface area contributed by atoms with Crippen molar-refractivity contribution in [2.75, 3.05) is 0 Å². The van der Waals surface area contributed by atoms with E-state index in [0.29, 0.717) is 0 Å². The Bertz CT molecular complexity index is 139. The molecule has 0 nitrogen and oxygen atoms in total. The maximum absolute atomic E-state index is 2.47. The van der Waals surface area contributed by atoms with Crippen LogP contribution in [-0.2, 0) is 0 Å². The van der Waals surface area contributed by atoms with Crippen LogP contribution in [0.5, 0.6) is 0 Å². The van der Waals surface area contributed by atoms with Crippen molar-refractivity contribution in [2.24, 2.45) is 23.7 Å². The standard InChI is InChI=1S/C13H26/c1-5-6-7-13-9-10(2)8-11(3)12(13)4/h10-13H,5-9H2,1-4H3.